The number of carboxylic acids is 1. The molecule has 0 spiro atoms. The van der Waals surface area contributed by atoms with Crippen LogP contribution in [0.25, 0.3) is 0 Å². The molecule has 1 rings (SSSR count). The summed E-state index contributed by atoms with van der Waals surface area (Å²) in [4.78, 5) is 34.5. The molecule has 2 amide bonds. The molecular weight excluding hydrogens is 322 g/mol. The van der Waals surface area contributed by atoms with Gasteiger partial charge in [0.2, 0.25) is 11.8 Å². The lowest BCUT2D eigenvalue weighted by molar-refractivity contribution is -0.138. The second kappa shape index (κ2) is 9.01. The van der Waals surface area contributed by atoms with Crippen molar-refractivity contribution in [2.75, 3.05) is 12.3 Å². The molecule has 1 aromatic rings. The third-order valence-electron chi connectivity index (χ3n) is 2.96. The fraction of sp³-hybridized carbons (Fsp3) is 0.357. The zero-order valence-corrected chi connectivity index (χ0v) is 13.1. The summed E-state index contributed by atoms with van der Waals surface area (Å²) in [5.74, 6) is -2.22. The monoisotopic (exact) mass is 341 g/mol. The Morgan fingerprint density at radius 1 is 1.17 bits per heavy atom. The van der Waals surface area contributed by atoms with Crippen LogP contribution in [0.2, 0.25) is 0 Å². The first-order chi connectivity index (χ1) is 10.8. The van der Waals surface area contributed by atoms with Crippen molar-refractivity contribution < 1.29 is 24.6 Å². The van der Waals surface area contributed by atoms with Gasteiger partial charge in [-0.1, -0.05) is 12.1 Å². The minimum absolute atomic E-state index is 0.0711. The van der Waals surface area contributed by atoms with Crippen molar-refractivity contribution in [1.82, 2.24) is 10.6 Å². The van der Waals surface area contributed by atoms with E-state index in [0.717, 1.165) is 0 Å². The summed E-state index contributed by atoms with van der Waals surface area (Å²) in [6, 6.07) is 4.21. The average molecular weight is 341 g/mol. The van der Waals surface area contributed by atoms with E-state index in [4.69, 9.17) is 10.8 Å². The molecule has 0 aliphatic carbocycles. The van der Waals surface area contributed by atoms with Gasteiger partial charge < -0.3 is 26.6 Å². The Kier molecular flexibility index (Phi) is 7.36. The van der Waals surface area contributed by atoms with E-state index in [9.17, 15) is 19.5 Å². The highest BCUT2D eigenvalue weighted by molar-refractivity contribution is 7.80. The van der Waals surface area contributed by atoms with Gasteiger partial charge in [-0.25, -0.2) is 0 Å². The number of amides is 2. The maximum atomic E-state index is 12.1. The fourth-order valence-electron chi connectivity index (χ4n) is 1.72. The molecule has 9 heteroatoms. The Morgan fingerprint density at radius 3 is 2.30 bits per heavy atom. The number of nitrogens with two attached hydrogens (primary N) is 1. The molecule has 1 aromatic carbocycles. The van der Waals surface area contributed by atoms with E-state index < -0.39 is 36.4 Å². The number of carbonyl (C=O) groups is 3. The number of benzene rings is 1. The molecule has 0 aromatic heterocycles. The van der Waals surface area contributed by atoms with Gasteiger partial charge in [-0.2, -0.15) is 12.6 Å². The third-order valence-corrected chi connectivity index (χ3v) is 3.35. The lowest BCUT2D eigenvalue weighted by Crippen LogP contribution is -2.53. The van der Waals surface area contributed by atoms with Gasteiger partial charge in [0.05, 0.1) is 6.04 Å². The van der Waals surface area contributed by atoms with Crippen LogP contribution in [-0.4, -0.2) is 52.4 Å². The molecule has 23 heavy (non-hydrogen) atoms. The molecule has 2 atom stereocenters. The van der Waals surface area contributed by atoms with Crippen molar-refractivity contribution in [3.8, 4) is 5.75 Å². The molecule has 0 saturated heterocycles. The molecule has 0 saturated carbocycles. The molecule has 0 fully saturated rings. The Morgan fingerprint density at radius 2 is 1.78 bits per heavy atom. The number of phenols is 1. The van der Waals surface area contributed by atoms with Crippen molar-refractivity contribution in [2.24, 2.45) is 5.73 Å². The van der Waals surface area contributed by atoms with Gasteiger partial charge in [-0.15, -0.1) is 0 Å². The van der Waals surface area contributed by atoms with Crippen LogP contribution in [0.4, 0.5) is 0 Å². The Bertz CT molecular complexity index is 564. The van der Waals surface area contributed by atoms with Crippen molar-refractivity contribution in [2.45, 2.75) is 18.5 Å². The maximum absolute atomic E-state index is 12.1. The van der Waals surface area contributed by atoms with Crippen LogP contribution < -0.4 is 16.4 Å². The minimum atomic E-state index is -1.19. The molecule has 8 nitrogen and oxygen atoms in total. The van der Waals surface area contributed by atoms with Gasteiger partial charge in [-0.3, -0.25) is 14.4 Å². The zero-order chi connectivity index (χ0) is 17.4. The first-order valence-electron chi connectivity index (χ1n) is 6.77. The number of carbonyl (C=O) groups excluding carboxylic acids is 2. The highest BCUT2D eigenvalue weighted by atomic mass is 32.1. The normalized spacial score (nSPS) is 13.0. The molecule has 0 heterocycles. The number of thiol groups is 1. The van der Waals surface area contributed by atoms with Crippen LogP contribution in [0, 0.1) is 0 Å². The number of nitrogens with one attached hydrogen (secondary N) is 2. The van der Waals surface area contributed by atoms with Crippen LogP contribution >= 0.6 is 12.6 Å². The molecule has 2 unspecified atom stereocenters. The summed E-state index contributed by atoms with van der Waals surface area (Å²) in [5.41, 5.74) is 6.23. The highest BCUT2D eigenvalue weighted by Gasteiger charge is 2.24. The van der Waals surface area contributed by atoms with Gasteiger partial charge in [0.1, 0.15) is 18.3 Å². The van der Waals surface area contributed by atoms with E-state index >= 15 is 0 Å². The van der Waals surface area contributed by atoms with E-state index in [2.05, 4.69) is 23.3 Å². The molecule has 0 aliphatic rings. The maximum Gasteiger partial charge on any atom is 0.322 e. The predicted octanol–water partition coefficient (Wildman–Crippen LogP) is -1.12. The fourth-order valence-corrected chi connectivity index (χ4v) is 1.89. The molecule has 0 bridgehead atoms. The van der Waals surface area contributed by atoms with Crippen molar-refractivity contribution in [3.05, 3.63) is 29.8 Å². The first kappa shape index (κ1) is 18.8. The Hall–Kier alpha value is -2.26. The van der Waals surface area contributed by atoms with E-state index in [1.54, 1.807) is 12.1 Å². The molecule has 0 radical (unpaired) electrons. The van der Waals surface area contributed by atoms with Gasteiger partial charge in [0, 0.05) is 12.2 Å². The summed E-state index contributed by atoms with van der Waals surface area (Å²) >= 11 is 3.92. The topological polar surface area (TPSA) is 142 Å². The Balaban J connectivity index is 2.82. The number of aromatic hydroxyl groups is 1. The summed E-state index contributed by atoms with van der Waals surface area (Å²) in [7, 11) is 0. The predicted molar refractivity (Wildman–Crippen MR) is 86.2 cm³/mol. The summed E-state index contributed by atoms with van der Waals surface area (Å²) in [6.45, 7) is -0.556. The molecule has 6 N–H and O–H groups in total. The Labute approximate surface area is 138 Å². The minimum Gasteiger partial charge on any atom is -0.508 e. The quantitative estimate of drug-likeness (QED) is 0.331. The van der Waals surface area contributed by atoms with Gasteiger partial charge >= 0.3 is 5.97 Å². The molecule has 0 aliphatic heterocycles. The number of hydrogen-bond donors (Lipinski definition) is 6. The number of phenolic OH excluding ortho intramolecular Hbond substituents is 1. The van der Waals surface area contributed by atoms with Gasteiger partial charge in [0.15, 0.2) is 0 Å². The number of carboxylic acid groups (broad SMARTS) is 1. The van der Waals surface area contributed by atoms with Gasteiger partial charge in [-0.05, 0) is 17.7 Å². The van der Waals surface area contributed by atoms with E-state index in [-0.39, 0.29) is 17.9 Å². The lowest BCUT2D eigenvalue weighted by atomic mass is 10.0. The van der Waals surface area contributed by atoms with Crippen LogP contribution in [-0.2, 0) is 20.8 Å². The van der Waals surface area contributed by atoms with Crippen LogP contribution in [0.5, 0.6) is 5.75 Å². The van der Waals surface area contributed by atoms with E-state index in [1.807, 2.05) is 0 Å². The van der Waals surface area contributed by atoms with Crippen LogP contribution in [0.15, 0.2) is 24.3 Å². The SMILES string of the molecule is NC(CS)C(=O)NC(Cc1ccc(O)cc1)C(=O)NCC(=O)O. The lowest BCUT2D eigenvalue weighted by Gasteiger charge is -2.20. The van der Waals surface area contributed by atoms with E-state index in [0.29, 0.717) is 5.56 Å². The third kappa shape index (κ3) is 6.57. The van der Waals surface area contributed by atoms with E-state index in [1.165, 1.54) is 12.1 Å². The summed E-state index contributed by atoms with van der Waals surface area (Å²) in [5, 5.41) is 22.6. The molecular formula is C14H19N3O5S. The van der Waals surface area contributed by atoms with Crippen molar-refractivity contribution >= 4 is 30.4 Å². The zero-order valence-electron chi connectivity index (χ0n) is 12.2. The van der Waals surface area contributed by atoms with Crippen LogP contribution in [0.3, 0.4) is 0 Å². The average Bonchev–Trinajstić information content (AvgIpc) is 2.52. The smallest absolute Gasteiger partial charge is 0.322 e. The van der Waals surface area contributed by atoms with Crippen LogP contribution in [0.1, 0.15) is 5.56 Å². The number of hydrogen-bond acceptors (Lipinski definition) is 6. The van der Waals surface area contributed by atoms with Gasteiger partial charge in [0.25, 0.3) is 0 Å². The number of aliphatic carboxylic acids is 1. The standard InChI is InChI=1S/C14H19N3O5S/c15-10(7-23)13(21)17-11(14(22)16-6-12(19)20)5-8-1-3-9(18)4-2-8/h1-4,10-11,18,23H,5-7,15H2,(H,16,22)(H,17,21)(H,19,20). The molecule has 126 valence electrons. The second-order valence-corrected chi connectivity index (χ2v) is 5.20. The van der Waals surface area contributed by atoms with Crippen molar-refractivity contribution in [3.63, 3.8) is 0 Å². The second-order valence-electron chi connectivity index (χ2n) is 4.83. The van der Waals surface area contributed by atoms with Crippen molar-refractivity contribution in [1.29, 1.82) is 0 Å². The highest BCUT2D eigenvalue weighted by Crippen LogP contribution is 2.11. The summed E-state index contributed by atoms with van der Waals surface area (Å²) < 4.78 is 0. The summed E-state index contributed by atoms with van der Waals surface area (Å²) in [6.07, 6.45) is 0.122. The largest absolute Gasteiger partial charge is 0.508 e. The first-order valence-corrected chi connectivity index (χ1v) is 7.41. The number of rotatable bonds is 8.